The van der Waals surface area contributed by atoms with Crippen LogP contribution in [0.1, 0.15) is 6.42 Å². The van der Waals surface area contributed by atoms with E-state index in [0.717, 1.165) is 10.2 Å². The lowest BCUT2D eigenvalue weighted by molar-refractivity contribution is -0.118. The van der Waals surface area contributed by atoms with Crippen molar-refractivity contribution < 1.29 is 13.2 Å². The van der Waals surface area contributed by atoms with E-state index in [9.17, 15) is 13.2 Å². The monoisotopic (exact) mass is 521 g/mol. The van der Waals surface area contributed by atoms with E-state index in [-0.39, 0.29) is 35.4 Å². The van der Waals surface area contributed by atoms with Crippen LogP contribution in [0.5, 0.6) is 0 Å². The molecule has 168 valence electrons. The minimum absolute atomic E-state index is 0. The number of nitrogens with zero attached hydrogens (tertiary/aromatic N) is 3. The highest BCUT2D eigenvalue weighted by atomic mass is 35.5. The maximum absolute atomic E-state index is 13.0. The molecule has 3 rings (SSSR count). The maximum Gasteiger partial charge on any atom is 0.229 e. The molecule has 0 N–H and O–H groups in total. The summed E-state index contributed by atoms with van der Waals surface area (Å²) in [5, 5.41) is 1.58. The number of thiazole rings is 1. The van der Waals surface area contributed by atoms with Gasteiger partial charge in [0.25, 0.3) is 0 Å². The van der Waals surface area contributed by atoms with Gasteiger partial charge in [0.1, 0.15) is 0 Å². The van der Waals surface area contributed by atoms with Crippen molar-refractivity contribution in [3.63, 3.8) is 0 Å². The molecule has 0 fully saturated rings. The number of anilines is 1. The molecule has 0 unspecified atom stereocenters. The lowest BCUT2D eigenvalue weighted by Gasteiger charge is -2.22. The number of fused-ring (bicyclic) bond motifs is 1. The number of hydrogen-bond acceptors (Lipinski definition) is 6. The van der Waals surface area contributed by atoms with E-state index in [1.807, 2.05) is 19.0 Å². The summed E-state index contributed by atoms with van der Waals surface area (Å²) in [4.78, 5) is 21.2. The van der Waals surface area contributed by atoms with E-state index < -0.39 is 9.84 Å². The zero-order chi connectivity index (χ0) is 21.9. The molecule has 0 radical (unpaired) electrons. The summed E-state index contributed by atoms with van der Waals surface area (Å²) in [5.74, 6) is -0.581. The average Bonchev–Trinajstić information content (AvgIpc) is 3.09. The molecule has 6 nitrogen and oxygen atoms in total. The van der Waals surface area contributed by atoms with Crippen molar-refractivity contribution >= 4 is 78.0 Å². The fraction of sp³-hybridized carbons (Fsp3) is 0.300. The molecule has 0 aliphatic heterocycles. The van der Waals surface area contributed by atoms with Crippen LogP contribution in [-0.4, -0.2) is 57.1 Å². The topological polar surface area (TPSA) is 70.6 Å². The van der Waals surface area contributed by atoms with Crippen LogP contribution in [-0.2, 0) is 14.6 Å². The van der Waals surface area contributed by atoms with E-state index in [1.54, 1.807) is 23.1 Å². The number of carbonyl (C=O) groups is 1. The number of rotatable bonds is 8. The third kappa shape index (κ3) is 6.78. The normalized spacial score (nSPS) is 11.5. The largest absolute Gasteiger partial charge is 0.308 e. The molecular formula is C20H22Cl3N3O3S2. The number of aromatic nitrogens is 1. The van der Waals surface area contributed by atoms with E-state index in [0.29, 0.717) is 28.3 Å². The number of halogens is 3. The second-order valence-electron chi connectivity index (χ2n) is 6.98. The molecule has 0 saturated heterocycles. The summed E-state index contributed by atoms with van der Waals surface area (Å²) in [7, 11) is 0.217. The smallest absolute Gasteiger partial charge is 0.229 e. The highest BCUT2D eigenvalue weighted by Crippen LogP contribution is 2.31. The predicted molar refractivity (Wildman–Crippen MR) is 131 cm³/mol. The Balaban J connectivity index is 0.00000341. The molecule has 3 aromatic rings. The van der Waals surface area contributed by atoms with Gasteiger partial charge in [-0.25, -0.2) is 13.4 Å². The average molecular weight is 523 g/mol. The molecule has 0 aliphatic rings. The summed E-state index contributed by atoms with van der Waals surface area (Å²) in [6, 6.07) is 11.3. The Bertz CT molecular complexity index is 1150. The molecule has 0 saturated carbocycles. The van der Waals surface area contributed by atoms with Crippen LogP contribution in [0.4, 0.5) is 5.13 Å². The Morgan fingerprint density at radius 3 is 2.32 bits per heavy atom. The lowest BCUT2D eigenvalue weighted by atomic mass is 10.3. The molecule has 0 aliphatic carbocycles. The number of benzene rings is 2. The predicted octanol–water partition coefficient (Wildman–Crippen LogP) is 4.78. The quantitative estimate of drug-likeness (QED) is 0.426. The molecule has 31 heavy (non-hydrogen) atoms. The first-order valence-corrected chi connectivity index (χ1v) is 12.4. The van der Waals surface area contributed by atoms with Crippen LogP contribution in [0, 0.1) is 0 Å². The van der Waals surface area contributed by atoms with Crippen LogP contribution < -0.4 is 4.90 Å². The zero-order valence-electron chi connectivity index (χ0n) is 16.9. The molecule has 0 spiro atoms. The Hall–Kier alpha value is -1.42. The van der Waals surface area contributed by atoms with Gasteiger partial charge in [-0.3, -0.25) is 9.69 Å². The minimum atomic E-state index is -3.60. The van der Waals surface area contributed by atoms with Gasteiger partial charge in [-0.15, -0.1) is 12.4 Å². The van der Waals surface area contributed by atoms with E-state index in [1.165, 1.54) is 35.6 Å². The van der Waals surface area contributed by atoms with Crippen molar-refractivity contribution in [1.82, 2.24) is 9.88 Å². The Labute approximate surface area is 202 Å². The highest BCUT2D eigenvalue weighted by Gasteiger charge is 2.23. The number of carbonyl (C=O) groups excluding carboxylic acids is 1. The second-order valence-corrected chi connectivity index (χ2v) is 11.0. The van der Waals surface area contributed by atoms with E-state index in [2.05, 4.69) is 4.98 Å². The van der Waals surface area contributed by atoms with Crippen molar-refractivity contribution in [3.8, 4) is 0 Å². The summed E-state index contributed by atoms with van der Waals surface area (Å²) < 4.78 is 26.1. The highest BCUT2D eigenvalue weighted by molar-refractivity contribution is 7.91. The minimum Gasteiger partial charge on any atom is -0.308 e. The van der Waals surface area contributed by atoms with Crippen molar-refractivity contribution in [2.75, 3.05) is 37.8 Å². The van der Waals surface area contributed by atoms with E-state index in [4.69, 9.17) is 23.2 Å². The standard InChI is InChI=1S/C20H21Cl2N3O3S2.ClH/c1-24(2)10-11-25(20-23-17-8-5-15(22)13-18(17)29-20)19(26)9-12-30(27,28)16-6-3-14(21)4-7-16;/h3-8,13H,9-12H2,1-2H3;1H. The third-order valence-electron chi connectivity index (χ3n) is 4.40. The van der Waals surface area contributed by atoms with Gasteiger partial charge in [-0.1, -0.05) is 34.5 Å². The van der Waals surface area contributed by atoms with Gasteiger partial charge >= 0.3 is 0 Å². The summed E-state index contributed by atoms with van der Waals surface area (Å²) >= 11 is 13.2. The van der Waals surface area contributed by atoms with Gasteiger partial charge in [0.2, 0.25) is 5.91 Å². The van der Waals surface area contributed by atoms with Crippen LogP contribution in [0.3, 0.4) is 0 Å². The van der Waals surface area contributed by atoms with Gasteiger partial charge in [-0.2, -0.15) is 0 Å². The number of sulfone groups is 1. The SMILES string of the molecule is CN(C)CCN(C(=O)CCS(=O)(=O)c1ccc(Cl)cc1)c1nc2ccc(Cl)cc2s1.Cl. The third-order valence-corrected chi connectivity index (χ3v) is 7.66. The van der Waals surface area contributed by atoms with E-state index >= 15 is 0 Å². The maximum atomic E-state index is 13.0. The molecule has 0 bridgehead atoms. The number of amides is 1. The first kappa shape index (κ1) is 25.8. The first-order valence-electron chi connectivity index (χ1n) is 9.15. The fourth-order valence-electron chi connectivity index (χ4n) is 2.75. The molecule has 0 atom stereocenters. The van der Waals surface area contributed by atoms with Crippen LogP contribution in [0.15, 0.2) is 47.4 Å². The van der Waals surface area contributed by atoms with Crippen molar-refractivity contribution in [2.24, 2.45) is 0 Å². The second kappa shape index (κ2) is 10.9. The van der Waals surface area contributed by atoms with Crippen molar-refractivity contribution in [3.05, 3.63) is 52.5 Å². The zero-order valence-corrected chi connectivity index (χ0v) is 20.9. The number of hydrogen-bond donors (Lipinski definition) is 0. The fourth-order valence-corrected chi connectivity index (χ4v) is 5.39. The molecule has 1 amide bonds. The van der Waals surface area contributed by atoms with Crippen LogP contribution in [0.25, 0.3) is 10.2 Å². The molecule has 1 aromatic heterocycles. The van der Waals surface area contributed by atoms with Gasteiger partial charge in [0.15, 0.2) is 15.0 Å². The van der Waals surface area contributed by atoms with Crippen molar-refractivity contribution in [1.29, 1.82) is 0 Å². The van der Waals surface area contributed by atoms with Crippen LogP contribution >= 0.6 is 46.9 Å². The summed E-state index contributed by atoms with van der Waals surface area (Å²) in [6.07, 6.45) is -0.144. The summed E-state index contributed by atoms with van der Waals surface area (Å²) in [6.45, 7) is 1.02. The Morgan fingerprint density at radius 2 is 1.68 bits per heavy atom. The Morgan fingerprint density at radius 1 is 1.03 bits per heavy atom. The summed E-state index contributed by atoms with van der Waals surface area (Å²) in [5.41, 5.74) is 0.746. The Kier molecular flexibility index (Phi) is 9.12. The van der Waals surface area contributed by atoms with Gasteiger partial charge < -0.3 is 4.90 Å². The molecule has 1 heterocycles. The van der Waals surface area contributed by atoms with Crippen molar-refractivity contribution in [2.45, 2.75) is 11.3 Å². The van der Waals surface area contributed by atoms with Gasteiger partial charge in [0.05, 0.1) is 20.9 Å². The van der Waals surface area contributed by atoms with Gasteiger partial charge in [-0.05, 0) is 56.6 Å². The number of likely N-dealkylation sites (N-methyl/N-ethyl adjacent to an activating group) is 1. The molecule has 2 aromatic carbocycles. The van der Waals surface area contributed by atoms with Crippen LogP contribution in [0.2, 0.25) is 10.0 Å². The lowest BCUT2D eigenvalue weighted by Crippen LogP contribution is -2.37. The van der Waals surface area contributed by atoms with Gasteiger partial charge in [0, 0.05) is 29.6 Å². The first-order chi connectivity index (χ1) is 14.2. The molecular weight excluding hydrogens is 501 g/mol. The molecule has 11 heteroatoms.